The fraction of sp³-hybridized carbons (Fsp3) is 0.923. The monoisotopic (exact) mass is 241 g/mol. The molecule has 100 valence electrons. The molecule has 0 aliphatic carbocycles. The summed E-state index contributed by atoms with van der Waals surface area (Å²) in [5.74, 6) is 0.928. The second-order valence-corrected chi connectivity index (χ2v) is 6.12. The molecule has 2 unspecified atom stereocenters. The minimum atomic E-state index is 0.00334. The number of piperidine rings is 1. The van der Waals surface area contributed by atoms with Crippen molar-refractivity contribution in [2.45, 2.75) is 32.7 Å². The van der Waals surface area contributed by atoms with Crippen molar-refractivity contribution in [3.8, 4) is 0 Å². The van der Waals surface area contributed by atoms with Crippen LogP contribution in [0.1, 0.15) is 27.2 Å². The smallest absolute Gasteiger partial charge is 0.224 e. The minimum Gasteiger partial charge on any atom is -0.354 e. The number of nitrogens with zero attached hydrogens (tertiary/aromatic N) is 1. The number of likely N-dealkylation sites (N-methyl/N-ethyl adjacent to an activating group) is 1. The van der Waals surface area contributed by atoms with Crippen LogP contribution in [-0.2, 0) is 4.79 Å². The molecule has 1 heterocycles. The third-order valence-electron chi connectivity index (χ3n) is 3.85. The number of carbonyl (C=O) groups is 1. The van der Waals surface area contributed by atoms with Crippen molar-refractivity contribution in [2.75, 3.05) is 33.7 Å². The molecule has 0 aromatic rings. The van der Waals surface area contributed by atoms with Crippen LogP contribution in [0, 0.1) is 11.8 Å². The van der Waals surface area contributed by atoms with Crippen molar-refractivity contribution >= 4 is 5.91 Å². The average molecular weight is 241 g/mol. The second-order valence-electron chi connectivity index (χ2n) is 6.12. The fourth-order valence-corrected chi connectivity index (χ4v) is 1.96. The third-order valence-corrected chi connectivity index (χ3v) is 3.85. The van der Waals surface area contributed by atoms with Gasteiger partial charge in [-0.15, -0.1) is 0 Å². The Labute approximate surface area is 105 Å². The van der Waals surface area contributed by atoms with E-state index < -0.39 is 0 Å². The Morgan fingerprint density at radius 3 is 2.59 bits per heavy atom. The van der Waals surface area contributed by atoms with E-state index in [-0.39, 0.29) is 17.4 Å². The molecular weight excluding hydrogens is 214 g/mol. The molecule has 4 heteroatoms. The summed E-state index contributed by atoms with van der Waals surface area (Å²) >= 11 is 0. The molecule has 1 aliphatic rings. The highest BCUT2D eigenvalue weighted by Gasteiger charge is 2.27. The van der Waals surface area contributed by atoms with Gasteiger partial charge in [0.15, 0.2) is 0 Å². The predicted molar refractivity (Wildman–Crippen MR) is 70.9 cm³/mol. The van der Waals surface area contributed by atoms with Crippen molar-refractivity contribution < 1.29 is 4.79 Å². The first-order valence-corrected chi connectivity index (χ1v) is 6.49. The van der Waals surface area contributed by atoms with Crippen LogP contribution in [-0.4, -0.2) is 50.1 Å². The molecule has 17 heavy (non-hydrogen) atoms. The number of hydrogen-bond acceptors (Lipinski definition) is 3. The van der Waals surface area contributed by atoms with Gasteiger partial charge in [0.05, 0.1) is 5.92 Å². The average Bonchev–Trinajstić information content (AvgIpc) is 2.25. The molecule has 0 radical (unpaired) electrons. The molecule has 1 aliphatic heterocycles. The van der Waals surface area contributed by atoms with E-state index >= 15 is 0 Å². The van der Waals surface area contributed by atoms with Crippen LogP contribution in [0.2, 0.25) is 0 Å². The highest BCUT2D eigenvalue weighted by Crippen LogP contribution is 2.16. The predicted octanol–water partition coefficient (Wildman–Crippen LogP) is 0.688. The van der Waals surface area contributed by atoms with Gasteiger partial charge in [0.2, 0.25) is 5.91 Å². The normalized spacial score (nSPS) is 26.0. The van der Waals surface area contributed by atoms with Gasteiger partial charge in [-0.1, -0.05) is 6.92 Å². The first-order chi connectivity index (χ1) is 7.83. The maximum absolute atomic E-state index is 12.0. The minimum absolute atomic E-state index is 0.00334. The Morgan fingerprint density at radius 1 is 1.41 bits per heavy atom. The highest BCUT2D eigenvalue weighted by atomic mass is 16.1. The van der Waals surface area contributed by atoms with Crippen LogP contribution < -0.4 is 10.6 Å². The fourth-order valence-electron chi connectivity index (χ4n) is 1.96. The van der Waals surface area contributed by atoms with Crippen molar-refractivity contribution in [2.24, 2.45) is 11.8 Å². The molecule has 0 aromatic carbocycles. The molecule has 4 nitrogen and oxygen atoms in total. The van der Waals surface area contributed by atoms with E-state index in [1.165, 1.54) is 0 Å². The molecule has 1 saturated heterocycles. The van der Waals surface area contributed by atoms with Crippen molar-refractivity contribution in [3.63, 3.8) is 0 Å². The van der Waals surface area contributed by atoms with Gasteiger partial charge in [0.1, 0.15) is 0 Å². The summed E-state index contributed by atoms with van der Waals surface area (Å²) in [6.07, 6.45) is 1.00. The lowest BCUT2D eigenvalue weighted by Crippen LogP contribution is -2.51. The quantitative estimate of drug-likeness (QED) is 0.761. The number of nitrogens with one attached hydrogen (secondary N) is 2. The molecule has 0 bridgehead atoms. The number of hydrogen-bond donors (Lipinski definition) is 2. The summed E-state index contributed by atoms with van der Waals surface area (Å²) in [5, 5.41) is 6.39. The largest absolute Gasteiger partial charge is 0.354 e. The van der Waals surface area contributed by atoms with Crippen molar-refractivity contribution in [3.05, 3.63) is 0 Å². The van der Waals surface area contributed by atoms with Crippen LogP contribution >= 0.6 is 0 Å². The summed E-state index contributed by atoms with van der Waals surface area (Å²) in [6, 6.07) is 0. The van der Waals surface area contributed by atoms with E-state index in [1.807, 2.05) is 14.1 Å². The van der Waals surface area contributed by atoms with E-state index in [2.05, 4.69) is 36.3 Å². The molecule has 1 amide bonds. The highest BCUT2D eigenvalue weighted by molar-refractivity contribution is 5.79. The van der Waals surface area contributed by atoms with Gasteiger partial charge in [-0.2, -0.15) is 0 Å². The van der Waals surface area contributed by atoms with Crippen LogP contribution in [0.5, 0.6) is 0 Å². The molecule has 1 rings (SSSR count). The summed E-state index contributed by atoms with van der Waals surface area (Å²) in [4.78, 5) is 14.2. The zero-order chi connectivity index (χ0) is 13.1. The lowest BCUT2D eigenvalue weighted by Gasteiger charge is -2.34. The SMILES string of the molecule is CC1CNCC(C(=O)NCC(C)(C)N(C)C)C1. The summed E-state index contributed by atoms with van der Waals surface area (Å²) in [7, 11) is 4.08. The molecule has 2 atom stereocenters. The first kappa shape index (κ1) is 14.5. The van der Waals surface area contributed by atoms with Gasteiger partial charge >= 0.3 is 0 Å². The zero-order valence-electron chi connectivity index (χ0n) is 11.8. The Balaban J connectivity index is 2.39. The topological polar surface area (TPSA) is 44.4 Å². The zero-order valence-corrected chi connectivity index (χ0v) is 11.8. The number of carbonyl (C=O) groups excluding carboxylic acids is 1. The lowest BCUT2D eigenvalue weighted by atomic mass is 9.91. The Hall–Kier alpha value is -0.610. The summed E-state index contributed by atoms with van der Waals surface area (Å²) < 4.78 is 0. The molecular formula is C13H27N3O. The molecule has 0 spiro atoms. The number of rotatable bonds is 4. The van der Waals surface area contributed by atoms with E-state index in [0.717, 1.165) is 19.5 Å². The van der Waals surface area contributed by atoms with Gasteiger partial charge in [0, 0.05) is 18.6 Å². The Kier molecular flexibility index (Phi) is 4.95. The Bertz CT molecular complexity index is 263. The van der Waals surface area contributed by atoms with Gasteiger partial charge in [0.25, 0.3) is 0 Å². The second kappa shape index (κ2) is 5.83. The Morgan fingerprint density at radius 2 is 2.06 bits per heavy atom. The van der Waals surface area contributed by atoms with Crippen LogP contribution in [0.3, 0.4) is 0 Å². The van der Waals surface area contributed by atoms with Crippen LogP contribution in [0.25, 0.3) is 0 Å². The van der Waals surface area contributed by atoms with E-state index in [0.29, 0.717) is 12.5 Å². The molecule has 2 N–H and O–H groups in total. The summed E-state index contributed by atoms with van der Waals surface area (Å²) in [6.45, 7) is 9.01. The standard InChI is InChI=1S/C13H27N3O/c1-10-6-11(8-14-7-10)12(17)15-9-13(2,3)16(4)5/h10-11,14H,6-9H2,1-5H3,(H,15,17). The van der Waals surface area contributed by atoms with Gasteiger partial charge in [-0.25, -0.2) is 0 Å². The molecule has 0 saturated carbocycles. The third kappa shape index (κ3) is 4.28. The van der Waals surface area contributed by atoms with Gasteiger partial charge in [-0.3, -0.25) is 4.79 Å². The van der Waals surface area contributed by atoms with Crippen LogP contribution in [0.4, 0.5) is 0 Å². The maximum atomic E-state index is 12.0. The van der Waals surface area contributed by atoms with Gasteiger partial charge in [-0.05, 0) is 46.8 Å². The summed E-state index contributed by atoms with van der Waals surface area (Å²) in [5.41, 5.74) is 0.00334. The van der Waals surface area contributed by atoms with Crippen LogP contribution in [0.15, 0.2) is 0 Å². The molecule has 1 fully saturated rings. The molecule has 0 aromatic heterocycles. The first-order valence-electron chi connectivity index (χ1n) is 6.49. The van der Waals surface area contributed by atoms with Crippen molar-refractivity contribution in [1.29, 1.82) is 0 Å². The van der Waals surface area contributed by atoms with E-state index in [1.54, 1.807) is 0 Å². The van der Waals surface area contributed by atoms with Crippen molar-refractivity contribution in [1.82, 2.24) is 15.5 Å². The van der Waals surface area contributed by atoms with Gasteiger partial charge < -0.3 is 15.5 Å². The number of amides is 1. The van der Waals surface area contributed by atoms with E-state index in [9.17, 15) is 4.79 Å². The lowest BCUT2D eigenvalue weighted by molar-refractivity contribution is -0.126. The van der Waals surface area contributed by atoms with E-state index in [4.69, 9.17) is 0 Å². The maximum Gasteiger partial charge on any atom is 0.224 e.